The molecule has 0 atom stereocenters. The molecule has 0 saturated heterocycles. The molecular weight excluding hydrogens is 262 g/mol. The second-order valence-corrected chi connectivity index (χ2v) is 4.94. The van der Waals surface area contributed by atoms with Crippen LogP contribution in [-0.4, -0.2) is 12.5 Å². The summed E-state index contributed by atoms with van der Waals surface area (Å²) < 4.78 is 5.57. The summed E-state index contributed by atoms with van der Waals surface area (Å²) in [6.45, 7) is 4.62. The van der Waals surface area contributed by atoms with Crippen molar-refractivity contribution in [2.75, 3.05) is 11.9 Å². The van der Waals surface area contributed by atoms with Crippen molar-refractivity contribution in [3.05, 3.63) is 71.8 Å². The van der Waals surface area contributed by atoms with Gasteiger partial charge in [0.25, 0.3) is 5.91 Å². The fourth-order valence-electron chi connectivity index (χ4n) is 1.73. The Morgan fingerprint density at radius 2 is 1.71 bits per heavy atom. The van der Waals surface area contributed by atoms with Crippen molar-refractivity contribution in [2.24, 2.45) is 0 Å². The van der Waals surface area contributed by atoms with E-state index >= 15 is 0 Å². The molecule has 0 bridgehead atoms. The van der Waals surface area contributed by atoms with Crippen molar-refractivity contribution >= 4 is 11.6 Å². The highest BCUT2D eigenvalue weighted by Gasteiger charge is 2.04. The van der Waals surface area contributed by atoms with Crippen molar-refractivity contribution in [1.29, 1.82) is 0 Å². The Kier molecular flexibility index (Phi) is 5.16. The molecule has 1 N–H and O–H groups in total. The van der Waals surface area contributed by atoms with Crippen LogP contribution in [0.5, 0.6) is 5.75 Å². The molecule has 3 heteroatoms. The Hall–Kier alpha value is -2.55. The zero-order valence-electron chi connectivity index (χ0n) is 12.3. The van der Waals surface area contributed by atoms with Crippen LogP contribution in [0.15, 0.2) is 66.2 Å². The number of allylic oxidation sites excluding steroid dienone is 1. The molecule has 1 amide bonds. The number of nitrogens with one attached hydrogen (secondary N) is 1. The summed E-state index contributed by atoms with van der Waals surface area (Å²) in [5, 5.41) is 2.85. The van der Waals surface area contributed by atoms with Crippen LogP contribution in [0.25, 0.3) is 0 Å². The van der Waals surface area contributed by atoms with E-state index in [1.165, 1.54) is 5.57 Å². The monoisotopic (exact) mass is 281 g/mol. The van der Waals surface area contributed by atoms with Gasteiger partial charge in [0.2, 0.25) is 0 Å². The van der Waals surface area contributed by atoms with E-state index in [0.29, 0.717) is 12.2 Å². The Labute approximate surface area is 125 Å². The molecule has 0 unspecified atom stereocenters. The molecule has 0 aliphatic heterocycles. The van der Waals surface area contributed by atoms with Gasteiger partial charge in [0.1, 0.15) is 12.4 Å². The highest BCUT2D eigenvalue weighted by atomic mass is 16.5. The Morgan fingerprint density at radius 1 is 1.05 bits per heavy atom. The van der Waals surface area contributed by atoms with E-state index in [2.05, 4.69) is 5.32 Å². The van der Waals surface area contributed by atoms with E-state index in [1.54, 1.807) is 12.1 Å². The maximum atomic E-state index is 12.0. The number of anilines is 1. The number of carbonyl (C=O) groups is 1. The fraction of sp³-hybridized carbons (Fsp3) is 0.167. The lowest BCUT2D eigenvalue weighted by Crippen LogP contribution is -2.11. The molecule has 0 aromatic heterocycles. The number of ether oxygens (including phenoxy) is 1. The minimum absolute atomic E-state index is 0.117. The van der Waals surface area contributed by atoms with E-state index in [0.717, 1.165) is 11.4 Å². The molecule has 0 aliphatic carbocycles. The standard InChI is InChI=1S/C18H19NO2/c1-14(2)12-13-21-17-10-8-16(9-11-17)19-18(20)15-6-4-3-5-7-15/h3-12H,13H2,1-2H3,(H,19,20). The zero-order chi connectivity index (χ0) is 15.1. The number of hydrogen-bond acceptors (Lipinski definition) is 2. The smallest absolute Gasteiger partial charge is 0.255 e. The van der Waals surface area contributed by atoms with E-state index < -0.39 is 0 Å². The van der Waals surface area contributed by atoms with Gasteiger partial charge in [-0.15, -0.1) is 0 Å². The average molecular weight is 281 g/mol. The van der Waals surface area contributed by atoms with Gasteiger partial charge in [-0.3, -0.25) is 4.79 Å². The predicted octanol–water partition coefficient (Wildman–Crippen LogP) is 4.28. The quantitative estimate of drug-likeness (QED) is 0.830. The Balaban J connectivity index is 1.93. The lowest BCUT2D eigenvalue weighted by Gasteiger charge is -2.07. The van der Waals surface area contributed by atoms with Crippen LogP contribution in [-0.2, 0) is 0 Å². The van der Waals surface area contributed by atoms with Crippen LogP contribution in [0.1, 0.15) is 24.2 Å². The van der Waals surface area contributed by atoms with Gasteiger partial charge in [0, 0.05) is 11.3 Å². The maximum absolute atomic E-state index is 12.0. The molecule has 0 fully saturated rings. The third-order valence-corrected chi connectivity index (χ3v) is 2.89. The highest BCUT2D eigenvalue weighted by Crippen LogP contribution is 2.16. The molecule has 2 aromatic carbocycles. The number of benzene rings is 2. The first-order valence-electron chi connectivity index (χ1n) is 6.88. The van der Waals surface area contributed by atoms with Gasteiger partial charge in [0.05, 0.1) is 0 Å². The highest BCUT2D eigenvalue weighted by molar-refractivity contribution is 6.04. The van der Waals surface area contributed by atoms with Gasteiger partial charge in [-0.05, 0) is 56.3 Å². The van der Waals surface area contributed by atoms with Gasteiger partial charge < -0.3 is 10.1 Å². The van der Waals surface area contributed by atoms with Crippen LogP contribution < -0.4 is 10.1 Å². The first-order chi connectivity index (χ1) is 10.1. The molecule has 0 spiro atoms. The summed E-state index contributed by atoms with van der Waals surface area (Å²) in [5.74, 6) is 0.666. The SMILES string of the molecule is CC(C)=CCOc1ccc(NC(=O)c2ccccc2)cc1. The Bertz CT molecular complexity index is 611. The summed E-state index contributed by atoms with van der Waals surface area (Å²) in [6.07, 6.45) is 2.02. The largest absolute Gasteiger partial charge is 0.490 e. The second kappa shape index (κ2) is 7.29. The molecular formula is C18H19NO2. The van der Waals surface area contributed by atoms with Crippen LogP contribution in [0, 0.1) is 0 Å². The van der Waals surface area contributed by atoms with E-state index in [4.69, 9.17) is 4.74 Å². The number of rotatable bonds is 5. The topological polar surface area (TPSA) is 38.3 Å². The molecule has 0 saturated carbocycles. The predicted molar refractivity (Wildman–Crippen MR) is 85.8 cm³/mol. The lowest BCUT2D eigenvalue weighted by molar-refractivity contribution is 0.102. The summed E-state index contributed by atoms with van der Waals surface area (Å²) >= 11 is 0. The maximum Gasteiger partial charge on any atom is 0.255 e. The van der Waals surface area contributed by atoms with Gasteiger partial charge >= 0.3 is 0 Å². The first-order valence-corrected chi connectivity index (χ1v) is 6.88. The van der Waals surface area contributed by atoms with Gasteiger partial charge in [0.15, 0.2) is 0 Å². The number of carbonyl (C=O) groups excluding carboxylic acids is 1. The average Bonchev–Trinajstić information content (AvgIpc) is 2.49. The molecule has 0 heterocycles. The van der Waals surface area contributed by atoms with Gasteiger partial charge in [-0.25, -0.2) is 0 Å². The van der Waals surface area contributed by atoms with Gasteiger partial charge in [-0.2, -0.15) is 0 Å². The third-order valence-electron chi connectivity index (χ3n) is 2.89. The zero-order valence-corrected chi connectivity index (χ0v) is 12.3. The number of amides is 1. The second-order valence-electron chi connectivity index (χ2n) is 4.94. The fourth-order valence-corrected chi connectivity index (χ4v) is 1.73. The summed E-state index contributed by atoms with van der Waals surface area (Å²) in [7, 11) is 0. The summed E-state index contributed by atoms with van der Waals surface area (Å²) in [6, 6.07) is 16.5. The van der Waals surface area contributed by atoms with Gasteiger partial charge in [-0.1, -0.05) is 23.8 Å². The lowest BCUT2D eigenvalue weighted by atomic mass is 10.2. The molecule has 2 aromatic rings. The van der Waals surface area contributed by atoms with Crippen LogP contribution in [0.4, 0.5) is 5.69 Å². The van der Waals surface area contributed by atoms with Crippen LogP contribution >= 0.6 is 0 Å². The van der Waals surface area contributed by atoms with E-state index in [-0.39, 0.29) is 5.91 Å². The summed E-state index contributed by atoms with van der Waals surface area (Å²) in [5.41, 5.74) is 2.61. The first kappa shape index (κ1) is 14.9. The minimum atomic E-state index is -0.117. The Morgan fingerprint density at radius 3 is 2.33 bits per heavy atom. The molecule has 21 heavy (non-hydrogen) atoms. The minimum Gasteiger partial charge on any atom is -0.490 e. The van der Waals surface area contributed by atoms with Crippen LogP contribution in [0.2, 0.25) is 0 Å². The van der Waals surface area contributed by atoms with Crippen LogP contribution in [0.3, 0.4) is 0 Å². The normalized spacial score (nSPS) is 9.81. The summed E-state index contributed by atoms with van der Waals surface area (Å²) in [4.78, 5) is 12.0. The van der Waals surface area contributed by atoms with Crippen molar-refractivity contribution < 1.29 is 9.53 Å². The molecule has 0 aliphatic rings. The molecule has 108 valence electrons. The molecule has 0 radical (unpaired) electrons. The van der Waals surface area contributed by atoms with Crippen molar-refractivity contribution in [3.63, 3.8) is 0 Å². The van der Waals surface area contributed by atoms with Crippen molar-refractivity contribution in [3.8, 4) is 5.75 Å². The van der Waals surface area contributed by atoms with Crippen molar-refractivity contribution in [1.82, 2.24) is 0 Å². The number of hydrogen-bond donors (Lipinski definition) is 1. The van der Waals surface area contributed by atoms with E-state index in [9.17, 15) is 4.79 Å². The van der Waals surface area contributed by atoms with Crippen molar-refractivity contribution in [2.45, 2.75) is 13.8 Å². The molecule has 3 nitrogen and oxygen atoms in total. The van der Waals surface area contributed by atoms with E-state index in [1.807, 2.05) is 62.4 Å². The molecule has 2 rings (SSSR count). The third kappa shape index (κ3) is 4.80.